The number of rotatable bonds is 5. The number of allylic oxidation sites excluding steroid dienone is 1. The van der Waals surface area contributed by atoms with Crippen molar-refractivity contribution < 1.29 is 38.1 Å². The summed E-state index contributed by atoms with van der Waals surface area (Å²) in [5.74, 6) is -2.77. The number of ketones is 1. The predicted molar refractivity (Wildman–Crippen MR) is 149 cm³/mol. The molecule has 222 valence electrons. The number of hydrogen-bond acceptors (Lipinski definition) is 8. The minimum atomic E-state index is -1.69. The van der Waals surface area contributed by atoms with Crippen molar-refractivity contribution >= 4 is 23.7 Å². The van der Waals surface area contributed by atoms with Gasteiger partial charge in [0.15, 0.2) is 5.60 Å². The van der Waals surface area contributed by atoms with Gasteiger partial charge in [0, 0.05) is 20.3 Å². The number of Topliss-reactive ketones (excluding diaryl/α,β-unsaturated/α-hetero) is 1. The lowest BCUT2D eigenvalue weighted by Crippen LogP contribution is -2.58. The lowest BCUT2D eigenvalue weighted by molar-refractivity contribution is -0.190. The molecule has 1 aromatic carbocycles. The summed E-state index contributed by atoms with van der Waals surface area (Å²) in [5, 5.41) is 0. The van der Waals surface area contributed by atoms with Crippen molar-refractivity contribution in [1.29, 1.82) is 0 Å². The van der Waals surface area contributed by atoms with Crippen LogP contribution in [-0.4, -0.2) is 53.2 Å². The second-order valence-corrected chi connectivity index (χ2v) is 13.2. The Labute approximate surface area is 242 Å². The fourth-order valence-corrected chi connectivity index (χ4v) is 7.95. The molecule has 3 aliphatic carbocycles. The van der Waals surface area contributed by atoms with Crippen LogP contribution in [0.2, 0.25) is 0 Å². The van der Waals surface area contributed by atoms with E-state index >= 15 is 0 Å². The molecule has 5 rings (SSSR count). The van der Waals surface area contributed by atoms with Gasteiger partial charge in [0.1, 0.15) is 17.8 Å². The highest BCUT2D eigenvalue weighted by atomic mass is 16.7. The first-order chi connectivity index (χ1) is 19.2. The van der Waals surface area contributed by atoms with Gasteiger partial charge in [0.05, 0.1) is 18.4 Å². The number of benzene rings is 1. The largest absolute Gasteiger partial charge is 0.461 e. The summed E-state index contributed by atoms with van der Waals surface area (Å²) in [4.78, 5) is 53.2. The molecule has 3 fully saturated rings. The maximum absolute atomic E-state index is 14.5. The molecule has 0 bridgehead atoms. The van der Waals surface area contributed by atoms with Gasteiger partial charge >= 0.3 is 17.9 Å². The van der Waals surface area contributed by atoms with E-state index in [1.54, 1.807) is 6.92 Å². The number of ether oxygens (including phenoxy) is 4. The predicted octanol–water partition coefficient (Wildman–Crippen LogP) is 4.77. The van der Waals surface area contributed by atoms with E-state index in [1.807, 2.05) is 50.3 Å². The average molecular weight is 567 g/mol. The van der Waals surface area contributed by atoms with E-state index in [-0.39, 0.29) is 42.0 Å². The van der Waals surface area contributed by atoms with Crippen LogP contribution >= 0.6 is 0 Å². The van der Waals surface area contributed by atoms with Crippen molar-refractivity contribution in [2.24, 2.45) is 29.1 Å². The summed E-state index contributed by atoms with van der Waals surface area (Å²) in [6, 6.07) is 9.26. The van der Waals surface area contributed by atoms with E-state index in [0.717, 1.165) is 12.0 Å². The first-order valence-electron chi connectivity index (χ1n) is 14.7. The van der Waals surface area contributed by atoms with Gasteiger partial charge < -0.3 is 18.9 Å². The molecule has 0 N–H and O–H groups in total. The van der Waals surface area contributed by atoms with Gasteiger partial charge in [-0.25, -0.2) is 0 Å². The average Bonchev–Trinajstić information content (AvgIpc) is 3.65. The summed E-state index contributed by atoms with van der Waals surface area (Å²) in [5.41, 5.74) is -1.29. The smallest absolute Gasteiger partial charge is 0.310 e. The minimum Gasteiger partial charge on any atom is -0.461 e. The zero-order chi connectivity index (χ0) is 29.9. The number of esters is 3. The number of carbonyl (C=O) groups excluding carboxylic acids is 4. The topological polar surface area (TPSA) is 108 Å². The lowest BCUT2D eigenvalue weighted by atomic mass is 9.73. The third-order valence-corrected chi connectivity index (χ3v) is 10.1. The number of hydrogen-bond donors (Lipinski definition) is 0. The van der Waals surface area contributed by atoms with E-state index in [4.69, 9.17) is 18.9 Å². The molecule has 8 heteroatoms. The maximum atomic E-state index is 14.5. The van der Waals surface area contributed by atoms with Gasteiger partial charge in [-0.2, -0.15) is 0 Å². The molecule has 2 unspecified atom stereocenters. The van der Waals surface area contributed by atoms with E-state index in [9.17, 15) is 19.2 Å². The normalized spacial score (nSPS) is 40.2. The van der Waals surface area contributed by atoms with Crippen LogP contribution < -0.4 is 0 Å². The van der Waals surface area contributed by atoms with Gasteiger partial charge in [-0.3, -0.25) is 19.2 Å². The Morgan fingerprint density at radius 2 is 1.68 bits per heavy atom. The molecule has 1 saturated heterocycles. The van der Waals surface area contributed by atoms with Crippen LogP contribution in [0, 0.1) is 29.1 Å². The molecule has 1 spiro atoms. The fraction of sp³-hybridized carbons (Fsp3) is 0.636. The molecule has 8 nitrogen and oxygen atoms in total. The van der Waals surface area contributed by atoms with Crippen LogP contribution in [0.4, 0.5) is 0 Å². The van der Waals surface area contributed by atoms with Crippen molar-refractivity contribution in [3.8, 4) is 0 Å². The summed E-state index contributed by atoms with van der Waals surface area (Å²) in [6.07, 6.45) is 1.52. The SMILES string of the molecule is CC(=O)O[C@@H]1[C@H]2C(OC(=O)Cc3ccccc3)[C@@H](C)CC2(OC(C)=O)C(=O)/C(C)=C/[C@@H]2[C@H](CC[C@]13O[C@H]3C)C2(C)C. The van der Waals surface area contributed by atoms with Crippen molar-refractivity contribution in [2.45, 2.75) is 104 Å². The molecule has 1 heterocycles. The second-order valence-electron chi connectivity index (χ2n) is 13.2. The molecule has 9 atom stereocenters. The summed E-state index contributed by atoms with van der Waals surface area (Å²) in [6.45, 7) is 12.6. The zero-order valence-electron chi connectivity index (χ0n) is 25.1. The quantitative estimate of drug-likeness (QED) is 0.285. The molecular weight excluding hydrogens is 524 g/mol. The van der Waals surface area contributed by atoms with Crippen LogP contribution in [0.3, 0.4) is 0 Å². The van der Waals surface area contributed by atoms with Crippen molar-refractivity contribution in [3.63, 3.8) is 0 Å². The van der Waals surface area contributed by atoms with Crippen LogP contribution in [0.5, 0.6) is 0 Å². The summed E-state index contributed by atoms with van der Waals surface area (Å²) >= 11 is 0. The molecule has 4 aliphatic rings. The van der Waals surface area contributed by atoms with E-state index in [1.165, 1.54) is 13.8 Å². The monoisotopic (exact) mass is 566 g/mol. The third kappa shape index (κ3) is 5.13. The Morgan fingerprint density at radius 1 is 1.02 bits per heavy atom. The van der Waals surface area contributed by atoms with Crippen molar-refractivity contribution in [1.82, 2.24) is 0 Å². The van der Waals surface area contributed by atoms with Gasteiger partial charge in [0.2, 0.25) is 5.78 Å². The van der Waals surface area contributed by atoms with Gasteiger partial charge in [0.25, 0.3) is 0 Å². The first kappa shape index (κ1) is 29.5. The molecule has 0 radical (unpaired) electrons. The van der Waals surface area contributed by atoms with E-state index < -0.39 is 47.2 Å². The number of epoxide rings is 1. The highest BCUT2D eigenvalue weighted by molar-refractivity contribution is 6.03. The molecular formula is C33H42O8. The molecule has 0 amide bonds. The second kappa shape index (κ2) is 10.4. The van der Waals surface area contributed by atoms with E-state index in [2.05, 4.69) is 13.8 Å². The summed E-state index contributed by atoms with van der Waals surface area (Å²) in [7, 11) is 0. The minimum absolute atomic E-state index is 0.00343. The maximum Gasteiger partial charge on any atom is 0.310 e. The van der Waals surface area contributed by atoms with Crippen molar-refractivity contribution in [3.05, 3.63) is 47.5 Å². The Balaban J connectivity index is 1.63. The van der Waals surface area contributed by atoms with Gasteiger partial charge in [-0.1, -0.05) is 57.2 Å². The fourth-order valence-electron chi connectivity index (χ4n) is 7.95. The van der Waals surface area contributed by atoms with Crippen LogP contribution in [0.15, 0.2) is 42.0 Å². The highest BCUT2D eigenvalue weighted by Crippen LogP contribution is 2.64. The van der Waals surface area contributed by atoms with Crippen LogP contribution in [0.25, 0.3) is 0 Å². The lowest BCUT2D eigenvalue weighted by Gasteiger charge is -2.41. The first-order valence-corrected chi connectivity index (χ1v) is 14.7. The molecule has 41 heavy (non-hydrogen) atoms. The molecule has 1 aliphatic heterocycles. The molecule has 2 saturated carbocycles. The summed E-state index contributed by atoms with van der Waals surface area (Å²) < 4.78 is 24.6. The van der Waals surface area contributed by atoms with E-state index in [0.29, 0.717) is 17.9 Å². The Kier molecular flexibility index (Phi) is 7.46. The zero-order valence-corrected chi connectivity index (χ0v) is 25.1. The highest BCUT2D eigenvalue weighted by Gasteiger charge is 2.73. The van der Waals surface area contributed by atoms with Crippen molar-refractivity contribution in [2.75, 3.05) is 0 Å². The van der Waals surface area contributed by atoms with Gasteiger partial charge in [-0.15, -0.1) is 0 Å². The van der Waals surface area contributed by atoms with Crippen LogP contribution in [0.1, 0.15) is 73.3 Å². The standard InChI is InChI=1S/C33H42O8/c1-18-15-25-24(31(25,6)7)13-14-32(20(3)40-32)30(38-21(4)34)27-28(39-26(36)16-23-11-9-8-10-12-23)19(2)17-33(27,29(18)37)41-22(5)35/h8-12,15,19-20,24-25,27-28,30H,13-14,16-17H2,1-7H3/b18-15+/t19-,20-,24-,25+,27+,28?,30+,32+,33?/m0/s1. The van der Waals surface area contributed by atoms with Gasteiger partial charge in [-0.05, 0) is 61.0 Å². The third-order valence-electron chi connectivity index (χ3n) is 10.1. The number of fused-ring (bicyclic) bond motifs is 2. The molecule has 1 aromatic rings. The Morgan fingerprint density at radius 3 is 2.27 bits per heavy atom. The Bertz CT molecular complexity index is 1270. The molecule has 0 aromatic heterocycles. The van der Waals surface area contributed by atoms with Crippen LogP contribution in [-0.2, 0) is 44.5 Å². The Hall–Kier alpha value is -3.00. The number of carbonyl (C=O) groups is 4.